The molecule has 5 heteroatoms. The fourth-order valence-corrected chi connectivity index (χ4v) is 3.19. The second-order valence-electron chi connectivity index (χ2n) is 5.36. The highest BCUT2D eigenvalue weighted by Gasteiger charge is 2.30. The van der Waals surface area contributed by atoms with Crippen molar-refractivity contribution in [2.24, 2.45) is 11.7 Å². The van der Waals surface area contributed by atoms with Crippen LogP contribution in [0.2, 0.25) is 0 Å². The Balaban J connectivity index is 0.00000200. The largest absolute Gasteiger partial charge is 0.340 e. The Hall–Kier alpha value is -0.580. The number of benzene rings is 1. The molecule has 0 bridgehead atoms. The van der Waals surface area contributed by atoms with Crippen molar-refractivity contribution >= 4 is 34.2 Å². The highest BCUT2D eigenvalue weighted by Crippen LogP contribution is 2.23. The van der Waals surface area contributed by atoms with Crippen LogP contribution in [0.15, 0.2) is 28.7 Å². The maximum Gasteiger partial charge on any atom is 0.223 e. The normalized spacial score (nSPS) is 21.6. The van der Waals surface area contributed by atoms with Gasteiger partial charge in [0.2, 0.25) is 5.91 Å². The van der Waals surface area contributed by atoms with Gasteiger partial charge in [0.1, 0.15) is 0 Å². The van der Waals surface area contributed by atoms with E-state index >= 15 is 0 Å². The summed E-state index contributed by atoms with van der Waals surface area (Å²) >= 11 is 3.45. The predicted octanol–water partition coefficient (Wildman–Crippen LogP) is 3.00. The van der Waals surface area contributed by atoms with E-state index in [0.717, 1.165) is 23.9 Å². The van der Waals surface area contributed by atoms with Crippen molar-refractivity contribution < 1.29 is 4.79 Å². The number of halogens is 2. The van der Waals surface area contributed by atoms with Gasteiger partial charge in [-0.1, -0.05) is 28.1 Å². The van der Waals surface area contributed by atoms with E-state index < -0.39 is 0 Å². The van der Waals surface area contributed by atoms with E-state index in [0.29, 0.717) is 24.9 Å². The van der Waals surface area contributed by atoms with Crippen LogP contribution in [0, 0.1) is 5.92 Å². The molecule has 0 spiro atoms. The van der Waals surface area contributed by atoms with Crippen LogP contribution in [0.5, 0.6) is 0 Å². The summed E-state index contributed by atoms with van der Waals surface area (Å²) < 4.78 is 1.06. The Labute approximate surface area is 135 Å². The summed E-state index contributed by atoms with van der Waals surface area (Å²) in [5, 5.41) is 0. The molecule has 1 aromatic rings. The average molecular weight is 362 g/mol. The van der Waals surface area contributed by atoms with E-state index in [1.54, 1.807) is 0 Å². The number of hydrogen-bond donors (Lipinski definition) is 1. The molecule has 1 amide bonds. The Morgan fingerprint density at radius 3 is 2.85 bits per heavy atom. The van der Waals surface area contributed by atoms with Crippen molar-refractivity contribution in [1.29, 1.82) is 0 Å². The Morgan fingerprint density at radius 1 is 1.50 bits per heavy atom. The fraction of sp³-hybridized carbons (Fsp3) is 0.533. The molecule has 2 atom stereocenters. The molecule has 20 heavy (non-hydrogen) atoms. The maximum absolute atomic E-state index is 12.2. The lowest BCUT2D eigenvalue weighted by atomic mass is 10.1. The molecular weight excluding hydrogens is 340 g/mol. The van der Waals surface area contributed by atoms with Gasteiger partial charge in [-0.2, -0.15) is 0 Å². The third kappa shape index (κ3) is 4.47. The number of rotatable bonds is 4. The van der Waals surface area contributed by atoms with Crippen LogP contribution < -0.4 is 5.73 Å². The number of nitrogens with two attached hydrogens (primary N) is 1. The molecule has 2 rings (SSSR count). The van der Waals surface area contributed by atoms with E-state index in [1.807, 2.05) is 17.0 Å². The summed E-state index contributed by atoms with van der Waals surface area (Å²) in [6, 6.07) is 8.48. The van der Waals surface area contributed by atoms with Gasteiger partial charge in [0, 0.05) is 23.5 Å². The molecule has 3 nitrogen and oxygen atoms in total. The van der Waals surface area contributed by atoms with Crippen molar-refractivity contribution in [2.75, 3.05) is 13.1 Å². The first-order chi connectivity index (χ1) is 9.10. The van der Waals surface area contributed by atoms with Gasteiger partial charge < -0.3 is 10.6 Å². The van der Waals surface area contributed by atoms with Gasteiger partial charge in [0.05, 0.1) is 0 Å². The van der Waals surface area contributed by atoms with Crippen LogP contribution >= 0.6 is 28.3 Å². The SMILES string of the molecule is CC1CC(CN)CN1C(=O)CCc1cccc(Br)c1.Cl. The van der Waals surface area contributed by atoms with E-state index in [-0.39, 0.29) is 18.3 Å². The van der Waals surface area contributed by atoms with E-state index in [9.17, 15) is 4.79 Å². The van der Waals surface area contributed by atoms with E-state index in [4.69, 9.17) is 5.73 Å². The van der Waals surface area contributed by atoms with Crippen molar-refractivity contribution in [3.8, 4) is 0 Å². The lowest BCUT2D eigenvalue weighted by molar-refractivity contribution is -0.131. The molecule has 0 aromatic heterocycles. The van der Waals surface area contributed by atoms with Crippen molar-refractivity contribution in [1.82, 2.24) is 4.90 Å². The molecule has 2 N–H and O–H groups in total. The third-order valence-electron chi connectivity index (χ3n) is 3.83. The maximum atomic E-state index is 12.2. The number of amides is 1. The minimum absolute atomic E-state index is 0. The Kier molecular flexibility index (Phi) is 7.00. The van der Waals surface area contributed by atoms with E-state index in [2.05, 4.69) is 35.0 Å². The summed E-state index contributed by atoms with van der Waals surface area (Å²) in [6.45, 7) is 3.63. The monoisotopic (exact) mass is 360 g/mol. The molecule has 0 aliphatic carbocycles. The number of nitrogens with zero attached hydrogens (tertiary/aromatic N) is 1. The third-order valence-corrected chi connectivity index (χ3v) is 4.32. The Morgan fingerprint density at radius 2 is 2.25 bits per heavy atom. The molecule has 1 aliphatic heterocycles. The van der Waals surface area contributed by atoms with Crippen molar-refractivity contribution in [3.63, 3.8) is 0 Å². The number of likely N-dealkylation sites (tertiary alicyclic amines) is 1. The quantitative estimate of drug-likeness (QED) is 0.896. The molecule has 0 saturated carbocycles. The van der Waals surface area contributed by atoms with Gasteiger partial charge in [-0.15, -0.1) is 12.4 Å². The zero-order valence-electron chi connectivity index (χ0n) is 11.7. The topological polar surface area (TPSA) is 46.3 Å². The zero-order valence-corrected chi connectivity index (χ0v) is 14.1. The molecule has 112 valence electrons. The van der Waals surface area contributed by atoms with Gasteiger partial charge >= 0.3 is 0 Å². The van der Waals surface area contributed by atoms with Gasteiger partial charge in [0.25, 0.3) is 0 Å². The lowest BCUT2D eigenvalue weighted by Crippen LogP contribution is -2.34. The predicted molar refractivity (Wildman–Crippen MR) is 88.0 cm³/mol. The highest BCUT2D eigenvalue weighted by molar-refractivity contribution is 9.10. The van der Waals surface area contributed by atoms with Gasteiger partial charge in [-0.3, -0.25) is 4.79 Å². The van der Waals surface area contributed by atoms with Crippen molar-refractivity contribution in [2.45, 2.75) is 32.2 Å². The zero-order chi connectivity index (χ0) is 13.8. The van der Waals surface area contributed by atoms with Gasteiger partial charge in [0.15, 0.2) is 0 Å². The number of carbonyl (C=O) groups is 1. The van der Waals surface area contributed by atoms with Crippen molar-refractivity contribution in [3.05, 3.63) is 34.3 Å². The first kappa shape index (κ1) is 17.5. The van der Waals surface area contributed by atoms with Crippen LogP contribution in [0.1, 0.15) is 25.3 Å². The molecular formula is C15H22BrClN2O. The minimum atomic E-state index is 0. The summed E-state index contributed by atoms with van der Waals surface area (Å²) in [5.74, 6) is 0.730. The molecule has 1 aromatic carbocycles. The fourth-order valence-electron chi connectivity index (χ4n) is 2.75. The minimum Gasteiger partial charge on any atom is -0.340 e. The number of carbonyl (C=O) groups excluding carboxylic acids is 1. The summed E-state index contributed by atoms with van der Waals surface area (Å²) in [6.07, 6.45) is 2.42. The first-order valence-corrected chi connectivity index (χ1v) is 7.63. The molecule has 1 fully saturated rings. The van der Waals surface area contributed by atoms with Crippen LogP contribution in [0.3, 0.4) is 0 Å². The van der Waals surface area contributed by atoms with Gasteiger partial charge in [-0.25, -0.2) is 0 Å². The number of hydrogen-bond acceptors (Lipinski definition) is 2. The highest BCUT2D eigenvalue weighted by atomic mass is 79.9. The lowest BCUT2D eigenvalue weighted by Gasteiger charge is -2.21. The second-order valence-corrected chi connectivity index (χ2v) is 6.28. The number of aryl methyl sites for hydroxylation is 1. The van der Waals surface area contributed by atoms with Gasteiger partial charge in [-0.05, 0) is 49.9 Å². The van der Waals surface area contributed by atoms with Crippen LogP contribution in [0.4, 0.5) is 0 Å². The molecule has 1 aliphatic rings. The van der Waals surface area contributed by atoms with Crippen LogP contribution in [0.25, 0.3) is 0 Å². The van der Waals surface area contributed by atoms with Crippen LogP contribution in [-0.2, 0) is 11.2 Å². The molecule has 1 saturated heterocycles. The first-order valence-electron chi connectivity index (χ1n) is 6.84. The summed E-state index contributed by atoms with van der Waals surface area (Å²) in [5.41, 5.74) is 6.90. The molecule has 1 heterocycles. The molecule has 0 radical (unpaired) electrons. The Bertz CT molecular complexity index is 455. The second kappa shape index (κ2) is 8.01. The van der Waals surface area contributed by atoms with E-state index in [1.165, 1.54) is 5.56 Å². The molecule has 2 unspecified atom stereocenters. The smallest absolute Gasteiger partial charge is 0.223 e. The van der Waals surface area contributed by atoms with Crippen LogP contribution in [-0.4, -0.2) is 29.9 Å². The summed E-state index contributed by atoms with van der Waals surface area (Å²) in [4.78, 5) is 14.2. The standard InChI is InChI=1S/C15H21BrN2O.ClH/c1-11-7-13(9-17)10-18(11)15(19)6-5-12-3-2-4-14(16)8-12;/h2-4,8,11,13H,5-7,9-10,17H2,1H3;1H. The summed E-state index contributed by atoms with van der Waals surface area (Å²) in [7, 11) is 0. The average Bonchev–Trinajstić information content (AvgIpc) is 2.77.